The maximum atomic E-state index is 12.7. The van der Waals surface area contributed by atoms with Gasteiger partial charge in [0.25, 0.3) is 5.91 Å². The third kappa shape index (κ3) is 4.60. The van der Waals surface area contributed by atoms with E-state index >= 15 is 0 Å². The van der Waals surface area contributed by atoms with Crippen LogP contribution in [0.1, 0.15) is 31.9 Å². The molecule has 0 bridgehead atoms. The Kier molecular flexibility index (Phi) is 5.59. The quantitative estimate of drug-likeness (QED) is 0.842. The monoisotopic (exact) mass is 322 g/mol. The molecule has 0 radical (unpaired) electrons. The predicted octanol–water partition coefficient (Wildman–Crippen LogP) is 3.76. The number of nitrogens with zero attached hydrogens (tertiary/aromatic N) is 2. The third-order valence-electron chi connectivity index (χ3n) is 3.65. The number of carbonyl (C=O) groups excluding carboxylic acids is 1. The average Bonchev–Trinajstić information content (AvgIpc) is 2.57. The van der Waals surface area contributed by atoms with E-state index in [1.165, 1.54) is 0 Å². The molecule has 24 heavy (non-hydrogen) atoms. The van der Waals surface area contributed by atoms with Crippen LogP contribution in [0, 0.1) is 11.3 Å². The summed E-state index contributed by atoms with van der Waals surface area (Å²) in [6, 6.07) is 18.9. The van der Waals surface area contributed by atoms with Crippen LogP contribution in [0.3, 0.4) is 0 Å². The van der Waals surface area contributed by atoms with Crippen molar-refractivity contribution in [1.29, 1.82) is 5.26 Å². The smallest absolute Gasteiger partial charge is 0.261 e. The van der Waals surface area contributed by atoms with Crippen molar-refractivity contribution in [2.24, 2.45) is 0 Å². The van der Waals surface area contributed by atoms with Gasteiger partial charge >= 0.3 is 0 Å². The summed E-state index contributed by atoms with van der Waals surface area (Å²) < 4.78 is 5.59. The second-order valence-electron chi connectivity index (χ2n) is 6.53. The van der Waals surface area contributed by atoms with Gasteiger partial charge in [-0.1, -0.05) is 42.5 Å². The largest absolute Gasteiger partial charge is 0.482 e. The fourth-order valence-corrected chi connectivity index (χ4v) is 2.37. The van der Waals surface area contributed by atoms with Gasteiger partial charge in [0.1, 0.15) is 11.8 Å². The Bertz CT molecular complexity index is 727. The lowest BCUT2D eigenvalue weighted by atomic mass is 10.0. The lowest BCUT2D eigenvalue weighted by Crippen LogP contribution is -2.47. The molecule has 2 aromatic rings. The Morgan fingerprint density at radius 1 is 1.08 bits per heavy atom. The SMILES string of the molecule is CC(C)(C)N(Cc1ccccc1)C(=O)COc1ccccc1C#N. The van der Waals surface area contributed by atoms with Crippen LogP contribution in [0.25, 0.3) is 0 Å². The molecule has 0 saturated carbocycles. The van der Waals surface area contributed by atoms with Gasteiger partial charge in [0, 0.05) is 12.1 Å². The molecule has 0 spiro atoms. The highest BCUT2D eigenvalue weighted by molar-refractivity contribution is 5.78. The van der Waals surface area contributed by atoms with Gasteiger partial charge < -0.3 is 9.64 Å². The van der Waals surface area contributed by atoms with E-state index < -0.39 is 0 Å². The highest BCUT2D eigenvalue weighted by atomic mass is 16.5. The van der Waals surface area contributed by atoms with E-state index in [4.69, 9.17) is 10.00 Å². The topological polar surface area (TPSA) is 53.3 Å². The Morgan fingerprint density at radius 2 is 1.71 bits per heavy atom. The fourth-order valence-electron chi connectivity index (χ4n) is 2.37. The number of amides is 1. The van der Waals surface area contributed by atoms with Gasteiger partial charge in [-0.25, -0.2) is 0 Å². The molecule has 0 aromatic heterocycles. The first-order valence-corrected chi connectivity index (χ1v) is 7.88. The van der Waals surface area contributed by atoms with E-state index in [9.17, 15) is 4.79 Å². The first-order chi connectivity index (χ1) is 11.4. The molecule has 0 unspecified atom stereocenters. The predicted molar refractivity (Wildman–Crippen MR) is 93.4 cm³/mol. The molecule has 0 saturated heterocycles. The van der Waals surface area contributed by atoms with Crippen molar-refractivity contribution < 1.29 is 9.53 Å². The van der Waals surface area contributed by atoms with E-state index in [1.807, 2.05) is 51.1 Å². The zero-order valence-electron chi connectivity index (χ0n) is 14.3. The Morgan fingerprint density at radius 3 is 2.33 bits per heavy atom. The Balaban J connectivity index is 2.10. The van der Waals surface area contributed by atoms with E-state index in [-0.39, 0.29) is 18.1 Å². The summed E-state index contributed by atoms with van der Waals surface area (Å²) in [6.07, 6.45) is 0. The maximum absolute atomic E-state index is 12.7. The van der Waals surface area contributed by atoms with Crippen LogP contribution in [-0.4, -0.2) is 23.0 Å². The highest BCUT2D eigenvalue weighted by Crippen LogP contribution is 2.20. The summed E-state index contributed by atoms with van der Waals surface area (Å²) in [7, 11) is 0. The molecule has 2 aromatic carbocycles. The molecule has 4 nitrogen and oxygen atoms in total. The number of carbonyl (C=O) groups is 1. The van der Waals surface area contributed by atoms with Crippen LogP contribution in [-0.2, 0) is 11.3 Å². The lowest BCUT2D eigenvalue weighted by molar-refractivity contribution is -0.139. The minimum atomic E-state index is -0.328. The van der Waals surface area contributed by atoms with Crippen molar-refractivity contribution in [3.8, 4) is 11.8 Å². The van der Waals surface area contributed by atoms with Crippen molar-refractivity contribution in [3.05, 3.63) is 65.7 Å². The van der Waals surface area contributed by atoms with Crippen LogP contribution in [0.4, 0.5) is 0 Å². The molecule has 124 valence electrons. The van der Waals surface area contributed by atoms with E-state index in [0.29, 0.717) is 17.9 Å². The summed E-state index contributed by atoms with van der Waals surface area (Å²) in [5.41, 5.74) is 1.17. The second kappa shape index (κ2) is 7.65. The van der Waals surface area contributed by atoms with E-state index in [2.05, 4.69) is 6.07 Å². The van der Waals surface area contributed by atoms with Gasteiger partial charge in [0.15, 0.2) is 6.61 Å². The summed E-state index contributed by atoms with van der Waals surface area (Å²) in [5, 5.41) is 9.09. The lowest BCUT2D eigenvalue weighted by Gasteiger charge is -2.35. The van der Waals surface area contributed by atoms with Gasteiger partial charge in [-0.15, -0.1) is 0 Å². The molecular weight excluding hydrogens is 300 g/mol. The number of hydrogen-bond acceptors (Lipinski definition) is 3. The van der Waals surface area contributed by atoms with Crippen LogP contribution >= 0.6 is 0 Å². The first-order valence-electron chi connectivity index (χ1n) is 7.88. The number of nitriles is 1. The van der Waals surface area contributed by atoms with Crippen LogP contribution in [0.15, 0.2) is 54.6 Å². The van der Waals surface area contributed by atoms with Crippen LogP contribution in [0.5, 0.6) is 5.75 Å². The molecule has 4 heteroatoms. The standard InChI is InChI=1S/C20H22N2O2/c1-20(2,3)22(14-16-9-5-4-6-10-16)19(23)15-24-18-12-8-7-11-17(18)13-21/h4-12H,14-15H2,1-3H3. The molecule has 0 aliphatic rings. The molecule has 0 fully saturated rings. The zero-order valence-corrected chi connectivity index (χ0v) is 14.3. The summed E-state index contributed by atoms with van der Waals surface area (Å²) in [4.78, 5) is 14.5. The molecule has 0 aliphatic carbocycles. The van der Waals surface area contributed by atoms with Gasteiger partial charge in [-0.2, -0.15) is 5.26 Å². The second-order valence-corrected chi connectivity index (χ2v) is 6.53. The zero-order chi connectivity index (χ0) is 17.6. The summed E-state index contributed by atoms with van der Waals surface area (Å²) in [5.74, 6) is 0.320. The molecule has 2 rings (SSSR count). The van der Waals surface area contributed by atoms with E-state index in [0.717, 1.165) is 5.56 Å². The number of para-hydroxylation sites is 1. The van der Waals surface area contributed by atoms with Crippen molar-refractivity contribution in [3.63, 3.8) is 0 Å². The highest BCUT2D eigenvalue weighted by Gasteiger charge is 2.27. The summed E-state index contributed by atoms with van der Waals surface area (Å²) in [6.45, 7) is 6.42. The summed E-state index contributed by atoms with van der Waals surface area (Å²) >= 11 is 0. The van der Waals surface area contributed by atoms with Gasteiger partial charge in [0.05, 0.1) is 5.56 Å². The molecular formula is C20H22N2O2. The molecule has 0 aliphatic heterocycles. The molecule has 0 atom stereocenters. The first kappa shape index (κ1) is 17.6. The minimum Gasteiger partial charge on any atom is -0.482 e. The Labute approximate surface area is 143 Å². The van der Waals surface area contributed by atoms with Crippen molar-refractivity contribution in [1.82, 2.24) is 4.90 Å². The molecule has 1 amide bonds. The number of hydrogen-bond donors (Lipinski definition) is 0. The number of ether oxygens (including phenoxy) is 1. The normalized spacial score (nSPS) is 10.8. The number of benzene rings is 2. The van der Waals surface area contributed by atoms with E-state index in [1.54, 1.807) is 29.2 Å². The van der Waals surface area contributed by atoms with Gasteiger partial charge in [-0.05, 0) is 38.5 Å². The van der Waals surface area contributed by atoms with Crippen LogP contribution < -0.4 is 4.74 Å². The van der Waals surface area contributed by atoms with Gasteiger partial charge in [0.2, 0.25) is 0 Å². The number of rotatable bonds is 5. The van der Waals surface area contributed by atoms with Crippen molar-refractivity contribution in [2.75, 3.05) is 6.61 Å². The molecule has 0 heterocycles. The van der Waals surface area contributed by atoms with Crippen LogP contribution in [0.2, 0.25) is 0 Å². The average molecular weight is 322 g/mol. The van der Waals surface area contributed by atoms with Crippen molar-refractivity contribution in [2.45, 2.75) is 32.9 Å². The maximum Gasteiger partial charge on any atom is 0.261 e. The minimum absolute atomic E-state index is 0.0944. The molecule has 0 N–H and O–H groups in total. The van der Waals surface area contributed by atoms with Gasteiger partial charge in [-0.3, -0.25) is 4.79 Å². The van der Waals surface area contributed by atoms with Crippen molar-refractivity contribution >= 4 is 5.91 Å². The fraction of sp³-hybridized carbons (Fsp3) is 0.300. The third-order valence-corrected chi connectivity index (χ3v) is 3.65. The Hall–Kier alpha value is -2.80.